The van der Waals surface area contributed by atoms with Gasteiger partial charge in [-0.25, -0.2) is 0 Å². The van der Waals surface area contributed by atoms with Crippen LogP contribution in [0.25, 0.3) is 0 Å². The number of nitrogens with zero attached hydrogens (tertiary/aromatic N) is 1. The van der Waals surface area contributed by atoms with Gasteiger partial charge in [0, 0.05) is 23.8 Å². The van der Waals surface area contributed by atoms with E-state index in [0.717, 1.165) is 16.0 Å². The highest BCUT2D eigenvalue weighted by molar-refractivity contribution is 7.16. The van der Waals surface area contributed by atoms with Gasteiger partial charge in [0.1, 0.15) is 5.00 Å². The van der Waals surface area contributed by atoms with Gasteiger partial charge in [0.05, 0.1) is 17.4 Å². The van der Waals surface area contributed by atoms with Crippen molar-refractivity contribution in [1.29, 1.82) is 0 Å². The number of aryl methyl sites for hydroxylation is 1. The van der Waals surface area contributed by atoms with Crippen LogP contribution in [0.4, 0.5) is 5.00 Å². The fourth-order valence-corrected chi connectivity index (χ4v) is 5.96. The van der Waals surface area contributed by atoms with E-state index in [1.807, 2.05) is 38.1 Å². The molecule has 1 saturated carbocycles. The lowest BCUT2D eigenvalue weighted by molar-refractivity contribution is -0.146. The van der Waals surface area contributed by atoms with Crippen molar-refractivity contribution in [1.82, 2.24) is 10.3 Å². The Balaban J connectivity index is 1.56. The van der Waals surface area contributed by atoms with Crippen molar-refractivity contribution in [3.05, 3.63) is 58.2 Å². The number of aliphatic carboxylic acids is 1. The molecule has 7 nitrogen and oxygen atoms in total. The van der Waals surface area contributed by atoms with Gasteiger partial charge in [0.25, 0.3) is 5.91 Å². The first-order valence-corrected chi connectivity index (χ1v) is 11.2. The van der Waals surface area contributed by atoms with E-state index >= 15 is 0 Å². The van der Waals surface area contributed by atoms with E-state index in [0.29, 0.717) is 30.0 Å². The molecule has 8 heteroatoms. The van der Waals surface area contributed by atoms with E-state index < -0.39 is 17.8 Å². The number of hydrogen-bond donors (Lipinski definition) is 3. The Hall–Kier alpha value is -3.00. The van der Waals surface area contributed by atoms with Gasteiger partial charge in [0.2, 0.25) is 5.91 Å². The zero-order chi connectivity index (χ0) is 22.1. The van der Waals surface area contributed by atoms with Gasteiger partial charge < -0.3 is 15.7 Å². The summed E-state index contributed by atoms with van der Waals surface area (Å²) >= 11 is 1.36. The minimum Gasteiger partial charge on any atom is -0.481 e. The Morgan fingerprint density at radius 2 is 1.97 bits per heavy atom. The predicted molar refractivity (Wildman–Crippen MR) is 118 cm³/mol. The molecule has 0 spiro atoms. The average molecular weight is 440 g/mol. The molecule has 2 aromatic heterocycles. The van der Waals surface area contributed by atoms with Crippen LogP contribution >= 0.6 is 11.3 Å². The third-order valence-electron chi connectivity index (χ3n) is 6.25. The normalized spacial score (nSPS) is 23.7. The molecule has 2 aliphatic rings. The summed E-state index contributed by atoms with van der Waals surface area (Å²) in [6.07, 6.45) is 8.57. The summed E-state index contributed by atoms with van der Waals surface area (Å²) < 4.78 is 0. The number of amides is 2. The van der Waals surface area contributed by atoms with Crippen LogP contribution in [0.3, 0.4) is 0 Å². The number of carboxylic acid groups (broad SMARTS) is 1. The highest BCUT2D eigenvalue weighted by Gasteiger charge is 2.51. The Kier molecular flexibility index (Phi) is 5.91. The maximum atomic E-state index is 13.1. The maximum Gasteiger partial charge on any atom is 0.307 e. The molecule has 162 valence electrons. The van der Waals surface area contributed by atoms with Crippen LogP contribution in [0, 0.1) is 30.6 Å². The summed E-state index contributed by atoms with van der Waals surface area (Å²) in [5, 5.41) is 16.0. The Morgan fingerprint density at radius 3 is 2.61 bits per heavy atom. The lowest BCUT2D eigenvalue weighted by Crippen LogP contribution is -2.36. The zero-order valence-electron chi connectivity index (χ0n) is 17.4. The fraction of sp³-hybridized carbons (Fsp3) is 0.391. The number of carboxylic acids is 1. The van der Waals surface area contributed by atoms with Gasteiger partial charge in [-0.05, 0) is 48.8 Å². The van der Waals surface area contributed by atoms with Crippen LogP contribution < -0.4 is 10.6 Å². The molecule has 3 N–H and O–H groups in total. The molecule has 0 aliphatic heterocycles. The number of hydrogen-bond acceptors (Lipinski definition) is 5. The fourth-order valence-electron chi connectivity index (χ4n) is 4.82. The standard InChI is InChI=1S/C23H25N3O4S/c1-3-16-12(2)31-22(19(16)20(27)25-11-13-5-4-8-24-10-13)26-21(28)17-14-6-7-15(9-14)18(17)23(29)30/h4-8,10,14-15,17-18H,3,9,11H2,1-2H3,(H,25,27)(H,26,28)(H,29,30)/t14-,15+,17-,18+/m1/s1. The van der Waals surface area contributed by atoms with Crippen LogP contribution in [0.1, 0.15) is 39.7 Å². The Labute approximate surface area is 184 Å². The number of carbonyl (C=O) groups is 3. The molecule has 2 heterocycles. The van der Waals surface area contributed by atoms with Crippen molar-refractivity contribution < 1.29 is 19.5 Å². The van der Waals surface area contributed by atoms with E-state index in [9.17, 15) is 19.5 Å². The van der Waals surface area contributed by atoms with Crippen LogP contribution in [0.15, 0.2) is 36.7 Å². The van der Waals surface area contributed by atoms with Crippen molar-refractivity contribution in [2.24, 2.45) is 23.7 Å². The number of thiophene rings is 1. The van der Waals surface area contributed by atoms with Crippen molar-refractivity contribution >= 4 is 34.1 Å². The summed E-state index contributed by atoms with van der Waals surface area (Å²) in [6.45, 7) is 4.23. The summed E-state index contributed by atoms with van der Waals surface area (Å²) in [6, 6.07) is 3.69. The number of fused-ring (bicyclic) bond motifs is 2. The number of carbonyl (C=O) groups excluding carboxylic acids is 2. The molecule has 0 unspecified atom stereocenters. The zero-order valence-corrected chi connectivity index (χ0v) is 18.2. The number of anilines is 1. The minimum absolute atomic E-state index is 0.0688. The molecule has 31 heavy (non-hydrogen) atoms. The first-order chi connectivity index (χ1) is 14.9. The molecule has 0 radical (unpaired) electrons. The highest BCUT2D eigenvalue weighted by atomic mass is 32.1. The number of aromatic nitrogens is 1. The number of pyridine rings is 1. The van der Waals surface area contributed by atoms with E-state index in [-0.39, 0.29) is 23.7 Å². The van der Waals surface area contributed by atoms with Gasteiger partial charge in [-0.2, -0.15) is 0 Å². The van der Waals surface area contributed by atoms with E-state index in [4.69, 9.17) is 0 Å². The molecular weight excluding hydrogens is 414 g/mol. The predicted octanol–water partition coefficient (Wildman–Crippen LogP) is 3.41. The number of nitrogens with one attached hydrogen (secondary N) is 2. The van der Waals surface area contributed by atoms with E-state index in [1.54, 1.807) is 12.4 Å². The van der Waals surface area contributed by atoms with Crippen molar-refractivity contribution in [2.75, 3.05) is 5.32 Å². The maximum absolute atomic E-state index is 13.1. The number of allylic oxidation sites excluding steroid dienone is 2. The third kappa shape index (κ3) is 3.99. The van der Waals surface area contributed by atoms with Crippen LogP contribution in [0.2, 0.25) is 0 Å². The topological polar surface area (TPSA) is 108 Å². The Bertz CT molecular complexity index is 1050. The second kappa shape index (κ2) is 8.63. The summed E-state index contributed by atoms with van der Waals surface area (Å²) in [4.78, 5) is 43.0. The minimum atomic E-state index is -0.942. The quantitative estimate of drug-likeness (QED) is 0.573. The lowest BCUT2D eigenvalue weighted by atomic mass is 9.82. The van der Waals surface area contributed by atoms with Crippen molar-refractivity contribution in [3.63, 3.8) is 0 Å². The van der Waals surface area contributed by atoms with Crippen LogP contribution in [0.5, 0.6) is 0 Å². The molecule has 2 amide bonds. The summed E-state index contributed by atoms with van der Waals surface area (Å²) in [5.74, 6) is -3.03. The molecule has 2 bridgehead atoms. The van der Waals surface area contributed by atoms with Gasteiger partial charge in [-0.1, -0.05) is 25.1 Å². The molecule has 2 aliphatic carbocycles. The van der Waals surface area contributed by atoms with Gasteiger partial charge in [-0.15, -0.1) is 11.3 Å². The second-order valence-corrected chi connectivity index (χ2v) is 9.29. The first kappa shape index (κ1) is 21.2. The molecule has 4 atom stereocenters. The molecule has 4 rings (SSSR count). The third-order valence-corrected chi connectivity index (χ3v) is 7.31. The Morgan fingerprint density at radius 1 is 1.23 bits per heavy atom. The molecule has 2 aromatic rings. The lowest BCUT2D eigenvalue weighted by Gasteiger charge is -2.23. The van der Waals surface area contributed by atoms with Gasteiger partial charge >= 0.3 is 5.97 Å². The monoisotopic (exact) mass is 439 g/mol. The molecule has 1 fully saturated rings. The first-order valence-electron chi connectivity index (χ1n) is 10.4. The molecular formula is C23H25N3O4S. The molecule has 0 aromatic carbocycles. The average Bonchev–Trinajstić information content (AvgIpc) is 3.45. The van der Waals surface area contributed by atoms with Crippen LogP contribution in [-0.4, -0.2) is 27.9 Å². The van der Waals surface area contributed by atoms with Crippen molar-refractivity contribution in [2.45, 2.75) is 33.2 Å². The second-order valence-electron chi connectivity index (χ2n) is 8.07. The van der Waals surface area contributed by atoms with Crippen molar-refractivity contribution in [3.8, 4) is 0 Å². The SMILES string of the molecule is CCc1c(C)sc(NC(=O)[C@H]2[C@@H](C(=O)O)[C@H]3C=C[C@@H]2C3)c1C(=O)NCc1cccnc1. The summed E-state index contributed by atoms with van der Waals surface area (Å²) in [7, 11) is 0. The highest BCUT2D eigenvalue weighted by Crippen LogP contribution is 2.48. The van der Waals surface area contributed by atoms with E-state index in [1.165, 1.54) is 11.3 Å². The largest absolute Gasteiger partial charge is 0.481 e. The summed E-state index contributed by atoms with van der Waals surface area (Å²) in [5.41, 5.74) is 2.24. The molecule has 0 saturated heterocycles. The number of rotatable bonds is 7. The van der Waals surface area contributed by atoms with Gasteiger partial charge in [0.15, 0.2) is 0 Å². The smallest absolute Gasteiger partial charge is 0.307 e. The van der Waals surface area contributed by atoms with Gasteiger partial charge in [-0.3, -0.25) is 19.4 Å². The van der Waals surface area contributed by atoms with Crippen LogP contribution in [-0.2, 0) is 22.6 Å². The van der Waals surface area contributed by atoms with E-state index in [2.05, 4.69) is 15.6 Å².